The molecule has 3 nitrogen and oxygen atoms in total. The van der Waals surface area contributed by atoms with E-state index in [4.69, 9.17) is 0 Å². The van der Waals surface area contributed by atoms with Gasteiger partial charge in [-0.2, -0.15) is 0 Å². The molecule has 1 aromatic heterocycles. The van der Waals surface area contributed by atoms with E-state index in [0.717, 1.165) is 16.0 Å². The zero-order chi connectivity index (χ0) is 12.7. The summed E-state index contributed by atoms with van der Waals surface area (Å²) in [5.41, 5.74) is 0.526. The summed E-state index contributed by atoms with van der Waals surface area (Å²) in [6, 6.07) is 1.76. The maximum absolute atomic E-state index is 12.2. The van der Waals surface area contributed by atoms with E-state index in [0.29, 0.717) is 5.56 Å². The lowest BCUT2D eigenvalue weighted by molar-refractivity contribution is 0.0954. The van der Waals surface area contributed by atoms with Crippen LogP contribution in [0.2, 0.25) is 0 Å². The van der Waals surface area contributed by atoms with Crippen molar-refractivity contribution in [2.45, 2.75) is 32.4 Å². The normalized spacial score (nSPS) is 12.8. The molecule has 5 heteroatoms. The van der Waals surface area contributed by atoms with Gasteiger partial charge in [-0.3, -0.25) is 4.79 Å². The summed E-state index contributed by atoms with van der Waals surface area (Å²) in [6.07, 6.45) is 1.10. The largest absolute Gasteiger partial charge is 0.292 e. The Morgan fingerprint density at radius 3 is 2.12 bits per heavy atom. The van der Waals surface area contributed by atoms with Gasteiger partial charge in [0.2, 0.25) is 0 Å². The number of sulfone groups is 1. The van der Waals surface area contributed by atoms with Crippen molar-refractivity contribution in [1.29, 1.82) is 0 Å². The molecule has 0 aliphatic rings. The van der Waals surface area contributed by atoms with E-state index >= 15 is 0 Å². The lowest BCUT2D eigenvalue weighted by Gasteiger charge is -2.20. The Labute approximate surface area is 100 Å². The van der Waals surface area contributed by atoms with Gasteiger partial charge >= 0.3 is 0 Å². The van der Waals surface area contributed by atoms with Gasteiger partial charge in [-0.15, -0.1) is 11.3 Å². The van der Waals surface area contributed by atoms with Gasteiger partial charge in [0.1, 0.15) is 4.75 Å². The van der Waals surface area contributed by atoms with Crippen molar-refractivity contribution in [3.8, 4) is 0 Å². The van der Waals surface area contributed by atoms with Crippen LogP contribution < -0.4 is 0 Å². The zero-order valence-corrected chi connectivity index (χ0v) is 11.8. The zero-order valence-electron chi connectivity index (χ0n) is 10.1. The Hall–Kier alpha value is -0.680. The third-order valence-electron chi connectivity index (χ3n) is 2.76. The van der Waals surface area contributed by atoms with E-state index in [1.165, 1.54) is 25.2 Å². The van der Waals surface area contributed by atoms with Gasteiger partial charge < -0.3 is 0 Å². The molecule has 0 N–H and O–H groups in total. The second-order valence-corrected chi connectivity index (χ2v) is 8.46. The van der Waals surface area contributed by atoms with E-state index < -0.39 is 14.6 Å². The third kappa shape index (κ3) is 2.20. The standard InChI is InChI=1S/C11H16O3S2/c1-7-6-9(8(2)15-7)10(12)11(3,4)16(5,13)14/h6H,1-5H3. The average Bonchev–Trinajstić information content (AvgIpc) is 2.41. The van der Waals surface area contributed by atoms with E-state index in [9.17, 15) is 13.2 Å². The SMILES string of the molecule is Cc1cc(C(=O)C(C)(C)S(C)(=O)=O)c(C)s1. The monoisotopic (exact) mass is 260 g/mol. The van der Waals surface area contributed by atoms with Crippen LogP contribution >= 0.6 is 11.3 Å². The second-order valence-electron chi connectivity index (χ2n) is 4.44. The van der Waals surface area contributed by atoms with Crippen molar-refractivity contribution in [2.75, 3.05) is 6.26 Å². The number of hydrogen-bond donors (Lipinski definition) is 0. The maximum Gasteiger partial charge on any atom is 0.184 e. The van der Waals surface area contributed by atoms with E-state index in [1.807, 2.05) is 13.8 Å². The lowest BCUT2D eigenvalue weighted by Crippen LogP contribution is -2.40. The van der Waals surface area contributed by atoms with Crippen LogP contribution in [0.15, 0.2) is 6.07 Å². The van der Waals surface area contributed by atoms with Crippen molar-refractivity contribution < 1.29 is 13.2 Å². The van der Waals surface area contributed by atoms with Crippen LogP contribution in [0.3, 0.4) is 0 Å². The summed E-state index contributed by atoms with van der Waals surface area (Å²) in [6.45, 7) is 6.65. The number of ketones is 1. The molecule has 1 rings (SSSR count). The Kier molecular flexibility index (Phi) is 3.32. The molecule has 0 saturated heterocycles. The second kappa shape index (κ2) is 3.96. The molecule has 16 heavy (non-hydrogen) atoms. The first-order valence-electron chi connectivity index (χ1n) is 4.89. The minimum Gasteiger partial charge on any atom is -0.292 e. The van der Waals surface area contributed by atoms with Gasteiger partial charge in [0.05, 0.1) is 0 Å². The van der Waals surface area contributed by atoms with Gasteiger partial charge in [0, 0.05) is 21.6 Å². The van der Waals surface area contributed by atoms with Crippen molar-refractivity contribution in [3.05, 3.63) is 21.4 Å². The summed E-state index contributed by atoms with van der Waals surface area (Å²) in [4.78, 5) is 14.1. The number of carbonyl (C=O) groups is 1. The Balaban J connectivity index is 3.28. The van der Waals surface area contributed by atoms with Crippen LogP contribution in [-0.2, 0) is 9.84 Å². The molecular weight excluding hydrogens is 244 g/mol. The molecule has 0 amide bonds. The van der Waals surface area contributed by atoms with Crippen LogP contribution in [0.1, 0.15) is 34.0 Å². The fourth-order valence-corrected chi connectivity index (χ4v) is 2.72. The molecular formula is C11H16O3S2. The Morgan fingerprint density at radius 1 is 1.31 bits per heavy atom. The molecule has 0 unspecified atom stereocenters. The molecule has 0 aromatic carbocycles. The number of carbonyl (C=O) groups excluding carboxylic acids is 1. The molecule has 1 heterocycles. The fraction of sp³-hybridized carbons (Fsp3) is 0.545. The minimum absolute atomic E-state index is 0.322. The van der Waals surface area contributed by atoms with Gasteiger partial charge in [-0.25, -0.2) is 8.42 Å². The third-order valence-corrected chi connectivity index (χ3v) is 5.76. The average molecular weight is 260 g/mol. The molecule has 0 saturated carbocycles. The summed E-state index contributed by atoms with van der Waals surface area (Å²) in [5, 5.41) is 0. The predicted octanol–water partition coefficient (Wildman–Crippen LogP) is 2.37. The van der Waals surface area contributed by atoms with Gasteiger partial charge in [0.25, 0.3) is 0 Å². The van der Waals surface area contributed by atoms with Crippen LogP contribution in [0, 0.1) is 13.8 Å². The summed E-state index contributed by atoms with van der Waals surface area (Å²) < 4.78 is 21.8. The minimum atomic E-state index is -3.40. The van der Waals surface area contributed by atoms with E-state index in [2.05, 4.69) is 0 Å². The first-order chi connectivity index (χ1) is 7.07. The number of rotatable bonds is 3. The molecule has 90 valence electrons. The van der Waals surface area contributed by atoms with Crippen LogP contribution in [0.25, 0.3) is 0 Å². The van der Waals surface area contributed by atoms with E-state index in [-0.39, 0.29) is 5.78 Å². The summed E-state index contributed by atoms with van der Waals surface area (Å²) in [7, 11) is -3.40. The van der Waals surface area contributed by atoms with Crippen LogP contribution in [0.5, 0.6) is 0 Å². The molecule has 0 atom stereocenters. The van der Waals surface area contributed by atoms with Gasteiger partial charge in [-0.1, -0.05) is 0 Å². The predicted molar refractivity (Wildman–Crippen MR) is 67.0 cm³/mol. The topological polar surface area (TPSA) is 51.2 Å². The first-order valence-corrected chi connectivity index (χ1v) is 7.59. The number of aryl methyl sites for hydroxylation is 2. The molecule has 0 bridgehead atoms. The van der Waals surface area contributed by atoms with E-state index in [1.54, 1.807) is 6.07 Å². The van der Waals surface area contributed by atoms with Gasteiger partial charge in [-0.05, 0) is 33.8 Å². The fourth-order valence-electron chi connectivity index (χ4n) is 1.35. The van der Waals surface area contributed by atoms with Crippen LogP contribution in [-0.4, -0.2) is 25.2 Å². The number of hydrogen-bond acceptors (Lipinski definition) is 4. The smallest absolute Gasteiger partial charge is 0.184 e. The molecule has 0 fully saturated rings. The number of thiophene rings is 1. The summed E-state index contributed by atoms with van der Waals surface area (Å²) >= 11 is 1.51. The van der Waals surface area contributed by atoms with Crippen molar-refractivity contribution in [3.63, 3.8) is 0 Å². The Morgan fingerprint density at radius 2 is 1.81 bits per heavy atom. The molecule has 0 aliphatic carbocycles. The molecule has 1 aromatic rings. The first kappa shape index (κ1) is 13.4. The van der Waals surface area contributed by atoms with Crippen molar-refractivity contribution >= 4 is 27.0 Å². The van der Waals surface area contributed by atoms with Crippen molar-refractivity contribution in [1.82, 2.24) is 0 Å². The molecule has 0 spiro atoms. The lowest BCUT2D eigenvalue weighted by atomic mass is 10.0. The number of Topliss-reactive ketones (excluding diaryl/α,β-unsaturated/α-hetero) is 1. The summed E-state index contributed by atoms with van der Waals surface area (Å²) in [5.74, 6) is -0.322. The molecule has 0 aliphatic heterocycles. The maximum atomic E-state index is 12.2. The highest BCUT2D eigenvalue weighted by molar-refractivity contribution is 7.92. The van der Waals surface area contributed by atoms with Crippen LogP contribution in [0.4, 0.5) is 0 Å². The van der Waals surface area contributed by atoms with Crippen molar-refractivity contribution in [2.24, 2.45) is 0 Å². The Bertz CT molecular complexity index is 521. The highest BCUT2D eigenvalue weighted by Gasteiger charge is 2.39. The molecule has 0 radical (unpaired) electrons. The highest BCUT2D eigenvalue weighted by atomic mass is 32.2. The van der Waals surface area contributed by atoms with Gasteiger partial charge in [0.15, 0.2) is 15.6 Å². The quantitative estimate of drug-likeness (QED) is 0.784. The highest BCUT2D eigenvalue weighted by Crippen LogP contribution is 2.28.